The molecule has 0 bridgehead atoms. The molecule has 3 aliphatic heterocycles. The van der Waals surface area contributed by atoms with Crippen LogP contribution >= 0.6 is 47.8 Å². The van der Waals surface area contributed by atoms with Crippen molar-refractivity contribution in [3.63, 3.8) is 0 Å². The molecule has 3 aliphatic rings. The molecule has 1 aromatic heterocycles. The Morgan fingerprint density at radius 3 is 0.884 bits per heavy atom. The van der Waals surface area contributed by atoms with Crippen LogP contribution in [0.1, 0.15) is 122 Å². The summed E-state index contributed by atoms with van der Waals surface area (Å²) in [6, 6.07) is 94.6. The minimum Gasteiger partial charge on any atom is -0.399 e. The number of hydrogen-bond acceptors (Lipinski definition) is 15. The monoisotopic (exact) mass is 1980 g/mol. The lowest BCUT2D eigenvalue weighted by Crippen LogP contribution is -2.41. The number of aryl methyl sites for hydroxylation is 3. The molecule has 16 rings (SSSR count). The van der Waals surface area contributed by atoms with Gasteiger partial charge in [-0.1, -0.05) is 187 Å². The Kier molecular flexibility index (Phi) is 29.1. The smallest absolute Gasteiger partial charge is 0.399 e. The van der Waals surface area contributed by atoms with Gasteiger partial charge in [0.1, 0.15) is 5.75 Å². The molecular formula is C99H100B3Br3F6N4O12S2. The standard InChI is InChI=1S/C31H38B2BrNO4.C25H27BBrNO2.C24H19F6NO6S2.C19H16BrN/c1-28(2)29(3,4)37-32(36-28)23-11-17-26(18-12-23)35(25-15-9-22(21-34)10-16-25)27-19-13-24(14-20-27)33-38-30(5,6)31(7,8)39-33;1-24(2)25(3,4)30-26(29-24)20-12-16-23(17-13-20)28(21-8-6-5-7-9-21)22-14-10-19(18-27)11-15-22;1-13-4-6-21-18(8-13)19-11-17(37-39(34,35)24(28,29)30)5-7-22(19)31(21)16-9-14(2)20(15(3)10-16)12-36-38(32,33)23(25,26)27;20-15-16-11-13-19(14-12-16)21(17-7-3-1-4-8-17)18-9-5-2-6-10-18/h9-20H,21H2,1-8H3;5-17H,18H2,1-4H3;4-11H,12H2,1-3H3;1-14H,15H2. The van der Waals surface area contributed by atoms with Crippen molar-refractivity contribution in [1.82, 2.24) is 4.57 Å². The van der Waals surface area contributed by atoms with Gasteiger partial charge in [0.25, 0.3) is 0 Å². The summed E-state index contributed by atoms with van der Waals surface area (Å²) in [4.78, 5) is 6.77. The van der Waals surface area contributed by atoms with Crippen LogP contribution in [0, 0.1) is 20.8 Å². The number of aromatic nitrogens is 1. The van der Waals surface area contributed by atoms with E-state index >= 15 is 0 Å². The number of halogens is 9. The van der Waals surface area contributed by atoms with Gasteiger partial charge in [0, 0.05) is 83.6 Å². The number of nitrogens with zero attached hydrogens (tertiary/aromatic N) is 4. The van der Waals surface area contributed by atoms with Crippen molar-refractivity contribution >= 4 is 179 Å². The molecule has 0 saturated carbocycles. The quantitative estimate of drug-likeness (QED) is 0.0220. The highest BCUT2D eigenvalue weighted by molar-refractivity contribution is 9.09. The molecule has 0 amide bonds. The van der Waals surface area contributed by atoms with Crippen LogP contribution in [0.25, 0.3) is 27.5 Å². The van der Waals surface area contributed by atoms with Crippen LogP contribution in [0.2, 0.25) is 0 Å². The summed E-state index contributed by atoms with van der Waals surface area (Å²) in [7, 11) is -12.8. The van der Waals surface area contributed by atoms with Crippen LogP contribution in [0.15, 0.2) is 285 Å². The Hall–Kier alpha value is -9.53. The second-order valence-electron chi connectivity index (χ2n) is 34.7. The van der Waals surface area contributed by atoms with Gasteiger partial charge in [-0.15, -0.1) is 0 Å². The van der Waals surface area contributed by atoms with Crippen LogP contribution in [-0.2, 0) is 74.9 Å². The first kappa shape index (κ1) is 97.0. The van der Waals surface area contributed by atoms with E-state index in [1.54, 1.807) is 55.7 Å². The average Bonchev–Trinajstić information content (AvgIpc) is 1.58. The van der Waals surface area contributed by atoms with Gasteiger partial charge in [0.2, 0.25) is 0 Å². The van der Waals surface area contributed by atoms with Crippen LogP contribution in [-0.4, -0.2) is 87.4 Å². The molecule has 12 aromatic carbocycles. The van der Waals surface area contributed by atoms with Gasteiger partial charge in [-0.05, 0) is 305 Å². The molecule has 129 heavy (non-hydrogen) atoms. The minimum atomic E-state index is -5.90. The summed E-state index contributed by atoms with van der Waals surface area (Å²) in [6.07, 6.45) is 0. The zero-order chi connectivity index (χ0) is 93.2. The molecule has 0 atom stereocenters. The Balaban J connectivity index is 0.000000150. The predicted octanol–water partition coefficient (Wildman–Crippen LogP) is 25.4. The molecule has 0 N–H and O–H groups in total. The highest BCUT2D eigenvalue weighted by Crippen LogP contribution is 2.45. The lowest BCUT2D eigenvalue weighted by molar-refractivity contribution is -0.0548. The van der Waals surface area contributed by atoms with Gasteiger partial charge in [-0.3, -0.25) is 4.18 Å². The highest BCUT2D eigenvalue weighted by Gasteiger charge is 2.55. The molecule has 16 nitrogen and oxygen atoms in total. The van der Waals surface area contributed by atoms with E-state index in [-0.39, 0.29) is 46.3 Å². The van der Waals surface area contributed by atoms with E-state index in [1.165, 1.54) is 28.8 Å². The molecule has 30 heteroatoms. The second kappa shape index (κ2) is 38.7. The van der Waals surface area contributed by atoms with Crippen molar-refractivity contribution in [1.29, 1.82) is 0 Å². The van der Waals surface area contributed by atoms with Gasteiger partial charge < -0.3 is 51.4 Å². The van der Waals surface area contributed by atoms with Crippen molar-refractivity contribution in [2.45, 2.75) is 171 Å². The summed E-state index contributed by atoms with van der Waals surface area (Å²) in [5, 5.41) is 3.49. The molecule has 672 valence electrons. The van der Waals surface area contributed by atoms with Crippen LogP contribution in [0.4, 0.5) is 77.5 Å². The third kappa shape index (κ3) is 21.6. The summed E-state index contributed by atoms with van der Waals surface area (Å²) in [5.74, 6) is -0.550. The molecule has 3 fully saturated rings. The van der Waals surface area contributed by atoms with Gasteiger partial charge in [-0.2, -0.15) is 43.2 Å². The molecule has 0 radical (unpaired) electrons. The number of benzene rings is 12. The van der Waals surface area contributed by atoms with E-state index in [9.17, 15) is 43.2 Å². The van der Waals surface area contributed by atoms with E-state index in [4.69, 9.17) is 27.9 Å². The number of hydrogen-bond donors (Lipinski definition) is 0. The maximum Gasteiger partial charge on any atom is 0.534 e. The van der Waals surface area contributed by atoms with Gasteiger partial charge in [0.15, 0.2) is 0 Å². The molecule has 13 aromatic rings. The molecular weight excluding hydrogens is 1890 g/mol. The fourth-order valence-electron chi connectivity index (χ4n) is 14.7. The first-order valence-electron chi connectivity index (χ1n) is 41.7. The van der Waals surface area contributed by atoms with Crippen LogP contribution in [0.3, 0.4) is 0 Å². The topological polar surface area (TPSA) is 157 Å². The van der Waals surface area contributed by atoms with Crippen molar-refractivity contribution in [2.24, 2.45) is 0 Å². The summed E-state index contributed by atoms with van der Waals surface area (Å²) >= 11 is 10.6. The van der Waals surface area contributed by atoms with E-state index in [2.05, 4.69) is 372 Å². The minimum absolute atomic E-state index is 0.219. The molecule has 3 saturated heterocycles. The average molecular weight is 1990 g/mol. The fraction of sp³-hybridized carbons (Fsp3) is 0.273. The Morgan fingerprint density at radius 1 is 0.341 bits per heavy atom. The normalized spacial score (nSPS) is 16.0. The third-order valence-electron chi connectivity index (χ3n) is 24.1. The summed E-state index contributed by atoms with van der Waals surface area (Å²) < 4.78 is 170. The highest BCUT2D eigenvalue weighted by atomic mass is 79.9. The maximum atomic E-state index is 12.8. The summed E-state index contributed by atoms with van der Waals surface area (Å²) in [6.45, 7) is 29.0. The van der Waals surface area contributed by atoms with Crippen molar-refractivity contribution < 1.29 is 79.5 Å². The number of fused-ring (bicyclic) bond motifs is 3. The maximum absolute atomic E-state index is 12.8. The van der Waals surface area contributed by atoms with Crippen molar-refractivity contribution in [3.05, 3.63) is 324 Å². The second-order valence-corrected chi connectivity index (χ2v) is 39.5. The number of rotatable bonds is 21. The Morgan fingerprint density at radius 2 is 0.605 bits per heavy atom. The van der Waals surface area contributed by atoms with Crippen molar-refractivity contribution in [2.75, 3.05) is 14.7 Å². The first-order valence-corrected chi connectivity index (χ1v) is 47.9. The van der Waals surface area contributed by atoms with Gasteiger partial charge >= 0.3 is 52.6 Å². The largest absolute Gasteiger partial charge is 0.534 e. The zero-order valence-electron chi connectivity index (χ0n) is 74.1. The van der Waals surface area contributed by atoms with E-state index in [0.717, 1.165) is 95.2 Å². The Labute approximate surface area is 778 Å². The van der Waals surface area contributed by atoms with Gasteiger partial charge in [-0.25, -0.2) is 0 Å². The number of alkyl halides is 9. The Bertz CT molecular complexity index is 6130. The lowest BCUT2D eigenvalue weighted by atomic mass is 9.79. The molecule has 4 heterocycles. The van der Waals surface area contributed by atoms with Crippen LogP contribution < -0.4 is 35.3 Å². The van der Waals surface area contributed by atoms with Crippen molar-refractivity contribution in [3.8, 4) is 11.4 Å². The van der Waals surface area contributed by atoms with E-state index < -0.39 is 57.8 Å². The van der Waals surface area contributed by atoms with Crippen LogP contribution in [0.5, 0.6) is 5.75 Å². The summed E-state index contributed by atoms with van der Waals surface area (Å²) in [5.41, 5.74) is 6.82. The van der Waals surface area contributed by atoms with E-state index in [0.29, 0.717) is 38.6 Å². The SMILES string of the molecule is BrCc1ccc(N(c2ccccc2)c2ccccc2)cc1.CC1(C)OB(c2ccc(N(c3ccc(CBr)cc3)c3ccc(B4OC(C)(C)C(C)(C)O4)cc3)cc2)OC1(C)C.CC1(C)OB(c2ccc(N(c3ccccc3)c3ccc(CBr)cc3)cc2)OC1(C)C.Cc1ccc2c(c1)c1cc(OS(=O)(=O)C(F)(F)F)ccc1n2-c1cc(C)c(COS(=O)(=O)C(F)(F)F)c(C)c1. The molecule has 0 unspecified atom stereocenters. The molecule has 0 aliphatic carbocycles. The predicted molar refractivity (Wildman–Crippen MR) is 519 cm³/mol. The lowest BCUT2D eigenvalue weighted by Gasteiger charge is -2.32. The first-order chi connectivity index (χ1) is 60.7. The van der Waals surface area contributed by atoms with E-state index in [1.807, 2.05) is 18.2 Å². The number of para-hydroxylation sites is 3. The fourth-order valence-corrected chi connectivity index (χ4v) is 16.7. The van der Waals surface area contributed by atoms with Gasteiger partial charge in [0.05, 0.1) is 51.2 Å². The zero-order valence-corrected chi connectivity index (χ0v) is 80.5. The number of anilines is 9. The molecule has 0 spiro atoms. The third-order valence-corrected chi connectivity index (χ3v) is 28.0.